The molecular weight excluding hydrogens is 516 g/mol. The van der Waals surface area contributed by atoms with Crippen molar-refractivity contribution in [1.82, 2.24) is 5.32 Å². The topological polar surface area (TPSA) is 50.4 Å². The average molecular weight is 542 g/mol. The Morgan fingerprint density at radius 2 is 2.03 bits per heavy atom. The molecule has 2 N–H and O–H groups in total. The number of anilines is 1. The summed E-state index contributed by atoms with van der Waals surface area (Å²) >= 11 is 8.86. The van der Waals surface area contributed by atoms with E-state index in [1.165, 1.54) is 16.9 Å². The van der Waals surface area contributed by atoms with E-state index in [2.05, 4.69) is 63.3 Å². The molecule has 0 spiro atoms. The van der Waals surface area contributed by atoms with Crippen LogP contribution in [0.3, 0.4) is 0 Å². The monoisotopic (exact) mass is 540 g/mol. The standard InChI is InChI=1S/C22H26Br2N2O2S/c1-5-22(2,3)11-6-7-13-16(8-11)29-21-17(13)20(27)25-19(26-21)14-9-12(23)10-15(24)18(14)28-4/h9-11,19,26H,5-8H2,1-4H3,(H,25,27)/t11-,19-/m0/s1. The summed E-state index contributed by atoms with van der Waals surface area (Å²) in [4.78, 5) is 14.5. The molecule has 2 aliphatic rings. The van der Waals surface area contributed by atoms with Crippen LogP contribution in [0.25, 0.3) is 0 Å². The molecule has 1 aromatic carbocycles. The van der Waals surface area contributed by atoms with Gasteiger partial charge in [-0.25, -0.2) is 0 Å². The number of methoxy groups -OCH3 is 1. The quantitative estimate of drug-likeness (QED) is 0.454. The minimum Gasteiger partial charge on any atom is -0.495 e. The van der Waals surface area contributed by atoms with Crippen molar-refractivity contribution in [2.75, 3.05) is 12.4 Å². The third kappa shape index (κ3) is 3.74. The Hall–Kier alpha value is -1.05. The van der Waals surface area contributed by atoms with Gasteiger partial charge in [-0.05, 0) is 64.2 Å². The first-order chi connectivity index (χ1) is 13.7. The average Bonchev–Trinajstić information content (AvgIpc) is 3.05. The van der Waals surface area contributed by atoms with Crippen LogP contribution in [0.4, 0.5) is 5.00 Å². The maximum Gasteiger partial charge on any atom is 0.256 e. The molecule has 0 saturated carbocycles. The normalized spacial score (nSPS) is 21.1. The van der Waals surface area contributed by atoms with Crippen molar-refractivity contribution in [2.45, 2.75) is 52.6 Å². The van der Waals surface area contributed by atoms with Crippen molar-refractivity contribution in [3.8, 4) is 5.75 Å². The van der Waals surface area contributed by atoms with Gasteiger partial charge in [-0.3, -0.25) is 4.79 Å². The first-order valence-electron chi connectivity index (χ1n) is 10.00. The van der Waals surface area contributed by atoms with Gasteiger partial charge < -0.3 is 15.4 Å². The lowest BCUT2D eigenvalue weighted by Gasteiger charge is -2.36. The second kappa shape index (κ2) is 7.89. The molecule has 156 valence electrons. The minimum absolute atomic E-state index is 0.00704. The van der Waals surface area contributed by atoms with Crippen molar-refractivity contribution >= 4 is 54.1 Å². The number of rotatable bonds is 4. The Kier molecular flexibility index (Phi) is 5.77. The minimum atomic E-state index is -0.332. The lowest BCUT2D eigenvalue weighted by atomic mass is 9.69. The Labute approximate surface area is 193 Å². The highest BCUT2D eigenvalue weighted by Crippen LogP contribution is 2.47. The van der Waals surface area contributed by atoms with E-state index in [0.29, 0.717) is 11.3 Å². The van der Waals surface area contributed by atoms with Gasteiger partial charge in [0.15, 0.2) is 0 Å². The molecule has 1 aliphatic heterocycles. The fourth-order valence-corrected chi connectivity index (χ4v) is 7.19. The number of ether oxygens (including phenoxy) is 1. The largest absolute Gasteiger partial charge is 0.495 e. The van der Waals surface area contributed by atoms with Gasteiger partial charge in [0.05, 0.1) is 17.1 Å². The summed E-state index contributed by atoms with van der Waals surface area (Å²) in [6.45, 7) is 7.02. The first-order valence-corrected chi connectivity index (χ1v) is 12.4. The van der Waals surface area contributed by atoms with E-state index in [0.717, 1.165) is 50.1 Å². The number of hydrogen-bond donors (Lipinski definition) is 2. The predicted molar refractivity (Wildman–Crippen MR) is 126 cm³/mol. The SMILES string of the molecule is CCC(C)(C)[C@H]1CCc2c(sc3c2C(=O)N[C@H](c2cc(Br)cc(Br)c2OC)N3)C1. The molecule has 7 heteroatoms. The highest BCUT2D eigenvalue weighted by molar-refractivity contribution is 9.11. The van der Waals surface area contributed by atoms with E-state index >= 15 is 0 Å². The second-order valence-corrected chi connectivity index (χ2v) is 11.4. The van der Waals surface area contributed by atoms with Crippen LogP contribution in [-0.2, 0) is 12.8 Å². The third-order valence-corrected chi connectivity index (χ3v) is 8.84. The molecule has 0 unspecified atom stereocenters. The smallest absolute Gasteiger partial charge is 0.256 e. The van der Waals surface area contributed by atoms with E-state index in [4.69, 9.17) is 4.74 Å². The number of fused-ring (bicyclic) bond motifs is 3. The molecule has 0 bridgehead atoms. The molecule has 2 atom stereocenters. The van der Waals surface area contributed by atoms with Gasteiger partial charge in [0.2, 0.25) is 0 Å². The van der Waals surface area contributed by atoms with Crippen LogP contribution < -0.4 is 15.4 Å². The molecule has 29 heavy (non-hydrogen) atoms. The molecule has 0 fully saturated rings. The molecule has 1 amide bonds. The molecular formula is C22H26Br2N2O2S. The first kappa shape index (κ1) is 21.2. The zero-order chi connectivity index (χ0) is 20.9. The number of carbonyl (C=O) groups is 1. The molecule has 4 rings (SSSR count). The van der Waals surface area contributed by atoms with Gasteiger partial charge in [0.25, 0.3) is 5.91 Å². The van der Waals surface area contributed by atoms with Gasteiger partial charge in [-0.15, -0.1) is 11.3 Å². The Morgan fingerprint density at radius 3 is 2.72 bits per heavy atom. The van der Waals surface area contributed by atoms with Crippen LogP contribution in [0.5, 0.6) is 5.75 Å². The number of amides is 1. The Morgan fingerprint density at radius 1 is 1.28 bits per heavy atom. The fourth-order valence-electron chi connectivity index (χ4n) is 4.42. The number of benzene rings is 1. The molecule has 4 nitrogen and oxygen atoms in total. The van der Waals surface area contributed by atoms with Crippen molar-refractivity contribution < 1.29 is 9.53 Å². The van der Waals surface area contributed by atoms with Crippen LogP contribution in [-0.4, -0.2) is 13.0 Å². The Balaban J connectivity index is 1.68. The highest BCUT2D eigenvalue weighted by Gasteiger charge is 2.38. The summed E-state index contributed by atoms with van der Waals surface area (Å²) in [5.74, 6) is 1.40. The van der Waals surface area contributed by atoms with Gasteiger partial charge in [0.1, 0.15) is 16.9 Å². The molecule has 0 radical (unpaired) electrons. The maximum atomic E-state index is 13.1. The van der Waals surface area contributed by atoms with Gasteiger partial charge in [-0.1, -0.05) is 43.1 Å². The van der Waals surface area contributed by atoms with Crippen LogP contribution >= 0.6 is 43.2 Å². The van der Waals surface area contributed by atoms with Crippen molar-refractivity contribution in [1.29, 1.82) is 0 Å². The Bertz CT molecular complexity index is 970. The molecule has 0 saturated heterocycles. The maximum absolute atomic E-state index is 13.1. The van der Waals surface area contributed by atoms with E-state index in [9.17, 15) is 4.79 Å². The second-order valence-electron chi connectivity index (χ2n) is 8.55. The van der Waals surface area contributed by atoms with E-state index in [-0.39, 0.29) is 12.1 Å². The van der Waals surface area contributed by atoms with Crippen LogP contribution in [0.2, 0.25) is 0 Å². The zero-order valence-electron chi connectivity index (χ0n) is 17.1. The molecule has 2 aromatic rings. The van der Waals surface area contributed by atoms with E-state index in [1.54, 1.807) is 18.4 Å². The molecule has 1 aromatic heterocycles. The number of carbonyl (C=O) groups excluding carboxylic acids is 1. The number of nitrogens with one attached hydrogen (secondary N) is 2. The van der Waals surface area contributed by atoms with Crippen molar-refractivity contribution in [3.05, 3.63) is 42.6 Å². The van der Waals surface area contributed by atoms with Crippen LogP contribution in [0.1, 0.15) is 66.1 Å². The number of thiophene rings is 1. The summed E-state index contributed by atoms with van der Waals surface area (Å²) in [5.41, 5.74) is 3.32. The van der Waals surface area contributed by atoms with Gasteiger partial charge in [-0.2, -0.15) is 0 Å². The van der Waals surface area contributed by atoms with Gasteiger partial charge >= 0.3 is 0 Å². The van der Waals surface area contributed by atoms with Crippen molar-refractivity contribution in [2.24, 2.45) is 11.3 Å². The fraction of sp³-hybridized carbons (Fsp3) is 0.500. The third-order valence-electron chi connectivity index (χ3n) is 6.61. The molecule has 2 heterocycles. The van der Waals surface area contributed by atoms with Gasteiger partial charge in [0, 0.05) is 14.9 Å². The van der Waals surface area contributed by atoms with E-state index < -0.39 is 0 Å². The molecule has 1 aliphatic carbocycles. The summed E-state index contributed by atoms with van der Waals surface area (Å²) in [7, 11) is 1.65. The zero-order valence-corrected chi connectivity index (χ0v) is 21.1. The number of hydrogen-bond acceptors (Lipinski definition) is 4. The predicted octanol–water partition coefficient (Wildman–Crippen LogP) is 6.68. The highest BCUT2D eigenvalue weighted by atomic mass is 79.9. The summed E-state index contributed by atoms with van der Waals surface area (Å²) in [6, 6.07) is 3.93. The number of halogens is 2. The summed E-state index contributed by atoms with van der Waals surface area (Å²) in [6.07, 6.45) is 4.05. The van der Waals surface area contributed by atoms with Crippen LogP contribution in [0, 0.1) is 11.3 Å². The van der Waals surface area contributed by atoms with Crippen LogP contribution in [0.15, 0.2) is 21.1 Å². The summed E-state index contributed by atoms with van der Waals surface area (Å²) in [5, 5.41) is 7.69. The lowest BCUT2D eigenvalue weighted by Crippen LogP contribution is -2.38. The summed E-state index contributed by atoms with van der Waals surface area (Å²) < 4.78 is 7.37. The van der Waals surface area contributed by atoms with Crippen molar-refractivity contribution in [3.63, 3.8) is 0 Å². The van der Waals surface area contributed by atoms with E-state index in [1.807, 2.05) is 12.1 Å². The lowest BCUT2D eigenvalue weighted by molar-refractivity contribution is 0.0934.